The van der Waals surface area contributed by atoms with E-state index in [2.05, 4.69) is 27.7 Å². The summed E-state index contributed by atoms with van der Waals surface area (Å²) in [5, 5.41) is 1.11. The Morgan fingerprint density at radius 3 is 2.31 bits per heavy atom. The maximum atomic E-state index is 11.2. The maximum absolute atomic E-state index is 11.2. The zero-order valence-corrected chi connectivity index (χ0v) is 11.3. The topological polar surface area (TPSA) is 17.1 Å². The normalized spacial score (nSPS) is 12.3. The third-order valence-electron chi connectivity index (χ3n) is 1.68. The van der Waals surface area contributed by atoms with E-state index in [0.29, 0.717) is 4.57 Å². The van der Waals surface area contributed by atoms with Crippen LogP contribution in [0.4, 0.5) is 0 Å². The fraction of sp³-hybridized carbons (Fsp3) is 0.700. The molecule has 0 fully saturated rings. The Labute approximate surface area is 88.3 Å². The summed E-state index contributed by atoms with van der Waals surface area (Å²) in [5.41, 5.74) is 0.741. The Balaban J connectivity index is 3.47. The second kappa shape index (κ2) is 5.62. The van der Waals surface area contributed by atoms with Gasteiger partial charge in [-0.05, 0) is 0 Å². The molecule has 3 heteroatoms. The third-order valence-corrected chi connectivity index (χ3v) is 4.51. The summed E-state index contributed by atoms with van der Waals surface area (Å²) in [6, 6.07) is 0. The van der Waals surface area contributed by atoms with Gasteiger partial charge in [-0.2, -0.15) is 0 Å². The molecule has 0 aliphatic rings. The molecule has 0 rings (SSSR count). The van der Waals surface area contributed by atoms with Crippen molar-refractivity contribution in [1.82, 2.24) is 0 Å². The second-order valence-corrected chi connectivity index (χ2v) is 7.15. The summed E-state index contributed by atoms with van der Waals surface area (Å²) in [5.74, 6) is 0. The Kier molecular flexibility index (Phi) is 5.58. The molecule has 0 saturated carbocycles. The molecule has 0 aliphatic heterocycles. The minimum absolute atomic E-state index is 0.335. The molecule has 0 radical (unpaired) electrons. The monoisotopic (exact) mass is 246 g/mol. The first-order chi connectivity index (χ1) is 5.83. The molecule has 0 aromatic carbocycles. The summed E-state index contributed by atoms with van der Waals surface area (Å²) >= 11 is -0.410. The first-order valence-electron chi connectivity index (χ1n) is 4.57. The quantitative estimate of drug-likeness (QED) is 0.296. The number of carbonyl (C=O) groups is 1. The summed E-state index contributed by atoms with van der Waals surface area (Å²) in [7, 11) is 6.54. The molecule has 0 spiro atoms. The molecule has 0 bridgehead atoms. The molecule has 0 saturated heterocycles. The van der Waals surface area contributed by atoms with Crippen LogP contribution in [0.5, 0.6) is 0 Å². The molecule has 0 aromatic rings. The minimum atomic E-state index is -0.410. The summed E-state index contributed by atoms with van der Waals surface area (Å²) in [4.78, 5) is 11.2. The van der Waals surface area contributed by atoms with E-state index in [0.717, 1.165) is 21.8 Å². The molecule has 2 nitrogen and oxygen atoms in total. The van der Waals surface area contributed by atoms with Crippen LogP contribution in [0.25, 0.3) is 0 Å². The molecule has 0 amide bonds. The van der Waals surface area contributed by atoms with Crippen molar-refractivity contribution in [3.8, 4) is 0 Å². The van der Waals surface area contributed by atoms with E-state index in [1.54, 1.807) is 0 Å². The standard InChI is InChI=1S/C10H21AsNO/c1-9(2)10(13)11-7-6-8-12(3,4)5/h11H,1,6-8H2,2-5H3/q+1. The summed E-state index contributed by atoms with van der Waals surface area (Å²) in [6.45, 7) is 6.63. The molecule has 0 N–H and O–H groups in total. The van der Waals surface area contributed by atoms with Gasteiger partial charge >= 0.3 is 88.0 Å². The van der Waals surface area contributed by atoms with Gasteiger partial charge in [0.15, 0.2) is 0 Å². The van der Waals surface area contributed by atoms with Crippen molar-refractivity contribution >= 4 is 20.3 Å². The van der Waals surface area contributed by atoms with E-state index in [1.807, 2.05) is 6.92 Å². The number of hydrogen-bond acceptors (Lipinski definition) is 1. The van der Waals surface area contributed by atoms with E-state index in [4.69, 9.17) is 0 Å². The molecular weight excluding hydrogens is 225 g/mol. The first-order valence-corrected chi connectivity index (χ1v) is 7.10. The van der Waals surface area contributed by atoms with Gasteiger partial charge in [-0.1, -0.05) is 0 Å². The van der Waals surface area contributed by atoms with Crippen LogP contribution in [0.3, 0.4) is 0 Å². The van der Waals surface area contributed by atoms with Crippen LogP contribution in [0.15, 0.2) is 12.2 Å². The Morgan fingerprint density at radius 2 is 1.92 bits per heavy atom. The number of hydrogen-bond donors (Lipinski definition) is 0. The summed E-state index contributed by atoms with van der Waals surface area (Å²) in [6.07, 6.45) is 1.17. The van der Waals surface area contributed by atoms with Crippen molar-refractivity contribution in [2.75, 3.05) is 27.7 Å². The van der Waals surface area contributed by atoms with Crippen LogP contribution < -0.4 is 0 Å². The molecule has 76 valence electrons. The van der Waals surface area contributed by atoms with Crippen LogP contribution >= 0.6 is 0 Å². The van der Waals surface area contributed by atoms with Crippen LogP contribution in [0.1, 0.15) is 13.3 Å². The van der Waals surface area contributed by atoms with Gasteiger partial charge in [-0.15, -0.1) is 0 Å². The predicted molar refractivity (Wildman–Crippen MR) is 59.3 cm³/mol. The van der Waals surface area contributed by atoms with Crippen molar-refractivity contribution in [2.24, 2.45) is 0 Å². The van der Waals surface area contributed by atoms with Gasteiger partial charge in [0.2, 0.25) is 0 Å². The van der Waals surface area contributed by atoms with E-state index in [9.17, 15) is 4.79 Å². The fourth-order valence-corrected chi connectivity index (χ4v) is 2.72. The van der Waals surface area contributed by atoms with Gasteiger partial charge in [0.05, 0.1) is 0 Å². The van der Waals surface area contributed by atoms with Crippen molar-refractivity contribution in [1.29, 1.82) is 0 Å². The number of allylic oxidation sites excluding steroid dienone is 1. The van der Waals surface area contributed by atoms with Crippen molar-refractivity contribution in [2.45, 2.75) is 18.6 Å². The number of nitrogens with zero attached hydrogens (tertiary/aromatic N) is 1. The molecule has 13 heavy (non-hydrogen) atoms. The van der Waals surface area contributed by atoms with Crippen molar-refractivity contribution in [3.05, 3.63) is 12.2 Å². The molecule has 0 aromatic heterocycles. The summed E-state index contributed by atoms with van der Waals surface area (Å²) < 4.78 is 1.33. The van der Waals surface area contributed by atoms with Crippen LogP contribution in [-0.2, 0) is 4.79 Å². The Morgan fingerprint density at radius 1 is 1.38 bits per heavy atom. The van der Waals surface area contributed by atoms with E-state index in [-0.39, 0.29) is 0 Å². The van der Waals surface area contributed by atoms with Crippen LogP contribution in [0, 0.1) is 0 Å². The van der Waals surface area contributed by atoms with Gasteiger partial charge in [0.1, 0.15) is 0 Å². The fourth-order valence-electron chi connectivity index (χ4n) is 0.906. The van der Waals surface area contributed by atoms with E-state index >= 15 is 0 Å². The van der Waals surface area contributed by atoms with Crippen molar-refractivity contribution in [3.63, 3.8) is 0 Å². The molecular formula is C10H21AsNO+. The molecule has 1 atom stereocenters. The number of quaternary nitrogens is 1. The van der Waals surface area contributed by atoms with E-state index < -0.39 is 15.8 Å². The molecule has 0 aliphatic carbocycles. The first kappa shape index (κ1) is 12.9. The number of rotatable bonds is 6. The predicted octanol–water partition coefficient (Wildman–Crippen LogP) is 1.04. The zero-order valence-electron chi connectivity index (χ0n) is 9.18. The van der Waals surface area contributed by atoms with Gasteiger partial charge in [0, 0.05) is 0 Å². The van der Waals surface area contributed by atoms with Gasteiger partial charge < -0.3 is 0 Å². The number of carbonyl (C=O) groups excluding carboxylic acids is 1. The van der Waals surface area contributed by atoms with Gasteiger partial charge in [0.25, 0.3) is 0 Å². The third kappa shape index (κ3) is 8.26. The average molecular weight is 246 g/mol. The SMILES string of the molecule is C=C(C)C(=O)[AsH]CCC[N+](C)(C)C. The van der Waals surface area contributed by atoms with Crippen molar-refractivity contribution < 1.29 is 9.28 Å². The zero-order chi connectivity index (χ0) is 10.5. The van der Waals surface area contributed by atoms with Crippen LogP contribution in [-0.4, -0.2) is 52.5 Å². The second-order valence-electron chi connectivity index (χ2n) is 4.40. The Hall–Kier alpha value is -0.0716. The average Bonchev–Trinajstić information content (AvgIpc) is 1.95. The van der Waals surface area contributed by atoms with E-state index in [1.165, 1.54) is 6.42 Å². The molecule has 0 heterocycles. The molecule has 1 unspecified atom stereocenters. The van der Waals surface area contributed by atoms with Gasteiger partial charge in [-0.3, -0.25) is 0 Å². The Bertz CT molecular complexity index is 194. The van der Waals surface area contributed by atoms with Crippen LogP contribution in [0.2, 0.25) is 5.21 Å². The van der Waals surface area contributed by atoms with Gasteiger partial charge in [-0.25, -0.2) is 0 Å².